The van der Waals surface area contributed by atoms with Crippen molar-refractivity contribution in [3.63, 3.8) is 0 Å². The SMILES string of the molecule is CCOC(=O)c1c(NC(=O)C(=O)c2c(C)[nH]c3ccccc23)sc2c1CCCC2. The van der Waals surface area contributed by atoms with Crippen LogP contribution in [0.15, 0.2) is 24.3 Å². The molecule has 0 atom stereocenters. The van der Waals surface area contributed by atoms with Crippen LogP contribution in [0.3, 0.4) is 0 Å². The fourth-order valence-electron chi connectivity index (χ4n) is 3.92. The maximum absolute atomic E-state index is 13.0. The number of hydrogen-bond donors (Lipinski definition) is 2. The number of anilines is 1. The van der Waals surface area contributed by atoms with Crippen LogP contribution < -0.4 is 5.32 Å². The molecular weight excluding hydrogens is 388 g/mol. The van der Waals surface area contributed by atoms with E-state index in [2.05, 4.69) is 10.3 Å². The maximum atomic E-state index is 13.0. The number of Topliss-reactive ketones (excluding diaryl/α,β-unsaturated/α-hetero) is 1. The van der Waals surface area contributed by atoms with Crippen LogP contribution in [0.25, 0.3) is 10.9 Å². The molecule has 2 N–H and O–H groups in total. The molecule has 0 fully saturated rings. The second-order valence-electron chi connectivity index (χ2n) is 7.09. The van der Waals surface area contributed by atoms with E-state index >= 15 is 0 Å². The molecule has 1 aliphatic rings. The van der Waals surface area contributed by atoms with E-state index in [1.165, 1.54) is 11.3 Å². The minimum Gasteiger partial charge on any atom is -0.462 e. The molecule has 0 saturated carbocycles. The standard InChI is InChI=1S/C22H22N2O4S/c1-3-28-22(27)18-14-9-5-7-11-16(14)29-21(18)24-20(26)19(25)17-12(2)23-15-10-6-4-8-13(15)17/h4,6,8,10,23H,3,5,7,9,11H2,1-2H3,(H,24,26). The van der Waals surface area contributed by atoms with Crippen molar-refractivity contribution in [1.29, 1.82) is 0 Å². The van der Waals surface area contributed by atoms with Gasteiger partial charge in [-0.2, -0.15) is 0 Å². The normalized spacial score (nSPS) is 13.2. The molecule has 0 saturated heterocycles. The van der Waals surface area contributed by atoms with Crippen LogP contribution in [0, 0.1) is 6.92 Å². The lowest BCUT2D eigenvalue weighted by molar-refractivity contribution is -0.112. The largest absolute Gasteiger partial charge is 0.462 e. The first kappa shape index (κ1) is 19.4. The molecule has 0 bridgehead atoms. The molecule has 150 valence electrons. The summed E-state index contributed by atoms with van der Waals surface area (Å²) >= 11 is 1.37. The summed E-state index contributed by atoms with van der Waals surface area (Å²) in [4.78, 5) is 42.6. The van der Waals surface area contributed by atoms with Crippen molar-refractivity contribution in [2.24, 2.45) is 0 Å². The molecule has 4 rings (SSSR count). The number of H-pyrrole nitrogens is 1. The van der Waals surface area contributed by atoms with Gasteiger partial charge in [-0.3, -0.25) is 9.59 Å². The molecule has 6 nitrogen and oxygen atoms in total. The number of para-hydroxylation sites is 1. The highest BCUT2D eigenvalue weighted by Crippen LogP contribution is 2.38. The van der Waals surface area contributed by atoms with Gasteiger partial charge in [-0.25, -0.2) is 4.79 Å². The van der Waals surface area contributed by atoms with Crippen molar-refractivity contribution >= 4 is 44.9 Å². The van der Waals surface area contributed by atoms with E-state index in [0.717, 1.165) is 41.6 Å². The van der Waals surface area contributed by atoms with Gasteiger partial charge >= 0.3 is 5.97 Å². The molecule has 0 unspecified atom stereocenters. The van der Waals surface area contributed by atoms with Crippen molar-refractivity contribution in [3.05, 3.63) is 51.5 Å². The summed E-state index contributed by atoms with van der Waals surface area (Å²) in [5.74, 6) is -1.82. The Morgan fingerprint density at radius 2 is 1.90 bits per heavy atom. The van der Waals surface area contributed by atoms with Gasteiger partial charge in [0.1, 0.15) is 5.00 Å². The minimum atomic E-state index is -0.748. The summed E-state index contributed by atoms with van der Waals surface area (Å²) < 4.78 is 5.21. The van der Waals surface area contributed by atoms with Crippen LogP contribution in [0.1, 0.15) is 56.6 Å². The van der Waals surface area contributed by atoms with Crippen LogP contribution in [0.4, 0.5) is 5.00 Å². The minimum absolute atomic E-state index is 0.254. The molecule has 1 aliphatic carbocycles. The zero-order valence-electron chi connectivity index (χ0n) is 16.4. The van der Waals surface area contributed by atoms with Crippen LogP contribution >= 0.6 is 11.3 Å². The third-order valence-corrected chi connectivity index (χ3v) is 6.41. The third kappa shape index (κ3) is 3.46. The lowest BCUT2D eigenvalue weighted by Gasteiger charge is -2.12. The van der Waals surface area contributed by atoms with Crippen molar-refractivity contribution in [2.45, 2.75) is 39.5 Å². The number of carbonyl (C=O) groups is 3. The summed E-state index contributed by atoms with van der Waals surface area (Å²) in [5.41, 5.74) is 3.16. The van der Waals surface area contributed by atoms with Crippen LogP contribution in [-0.4, -0.2) is 29.3 Å². The van der Waals surface area contributed by atoms with Crippen molar-refractivity contribution < 1.29 is 19.1 Å². The van der Waals surface area contributed by atoms with Crippen LogP contribution in [0.5, 0.6) is 0 Å². The van der Waals surface area contributed by atoms with Gasteiger partial charge in [0.15, 0.2) is 0 Å². The summed E-state index contributed by atoms with van der Waals surface area (Å²) in [7, 11) is 0. The number of benzene rings is 1. The number of aromatic nitrogens is 1. The Labute approximate surface area is 172 Å². The van der Waals surface area contributed by atoms with Gasteiger partial charge < -0.3 is 15.0 Å². The summed E-state index contributed by atoms with van der Waals surface area (Å²) in [5, 5.41) is 3.82. The molecule has 29 heavy (non-hydrogen) atoms. The van der Waals surface area contributed by atoms with Gasteiger partial charge in [0, 0.05) is 21.5 Å². The fourth-order valence-corrected chi connectivity index (χ4v) is 5.19. The Hall–Kier alpha value is -2.93. The molecule has 0 spiro atoms. The number of aryl methyl sites for hydroxylation is 2. The number of ketones is 1. The van der Waals surface area contributed by atoms with Gasteiger partial charge in [0.25, 0.3) is 11.7 Å². The highest BCUT2D eigenvalue weighted by molar-refractivity contribution is 7.17. The number of thiophene rings is 1. The molecular formula is C22H22N2O4S. The van der Waals surface area contributed by atoms with Crippen molar-refractivity contribution in [3.8, 4) is 0 Å². The zero-order valence-corrected chi connectivity index (χ0v) is 17.2. The zero-order chi connectivity index (χ0) is 20.5. The summed E-state index contributed by atoms with van der Waals surface area (Å²) in [6.45, 7) is 3.77. The van der Waals surface area contributed by atoms with E-state index in [1.807, 2.05) is 24.3 Å². The number of carbonyl (C=O) groups excluding carboxylic acids is 3. The maximum Gasteiger partial charge on any atom is 0.341 e. The number of rotatable bonds is 5. The van der Waals surface area contributed by atoms with E-state index in [4.69, 9.17) is 4.74 Å². The smallest absolute Gasteiger partial charge is 0.341 e. The number of aromatic amines is 1. The number of nitrogens with one attached hydrogen (secondary N) is 2. The van der Waals surface area contributed by atoms with Gasteiger partial charge in [-0.05, 0) is 51.2 Å². The second-order valence-corrected chi connectivity index (χ2v) is 8.19. The first-order chi connectivity index (χ1) is 14.0. The predicted octanol–water partition coefficient (Wildman–Crippen LogP) is 4.41. The Balaban J connectivity index is 1.67. The molecule has 2 heterocycles. The number of amides is 1. The lowest BCUT2D eigenvalue weighted by Crippen LogP contribution is -2.24. The summed E-state index contributed by atoms with van der Waals surface area (Å²) in [6, 6.07) is 7.38. The Kier molecular flexibility index (Phi) is 5.24. The van der Waals surface area contributed by atoms with Gasteiger partial charge in [-0.1, -0.05) is 18.2 Å². The topological polar surface area (TPSA) is 88.3 Å². The van der Waals surface area contributed by atoms with E-state index < -0.39 is 17.7 Å². The number of fused-ring (bicyclic) bond motifs is 2. The Bertz CT molecular complexity index is 1130. The highest BCUT2D eigenvalue weighted by atomic mass is 32.1. The number of hydrogen-bond acceptors (Lipinski definition) is 5. The lowest BCUT2D eigenvalue weighted by atomic mass is 9.95. The second kappa shape index (κ2) is 7.83. The first-order valence-corrected chi connectivity index (χ1v) is 10.6. The Morgan fingerprint density at radius 3 is 2.69 bits per heavy atom. The number of ether oxygens (including phenoxy) is 1. The monoisotopic (exact) mass is 410 g/mol. The van der Waals surface area contributed by atoms with Gasteiger partial charge in [0.05, 0.1) is 17.7 Å². The van der Waals surface area contributed by atoms with Crippen LogP contribution in [-0.2, 0) is 22.4 Å². The average Bonchev–Trinajstić information content (AvgIpc) is 3.23. The molecule has 1 aromatic carbocycles. The van der Waals surface area contributed by atoms with E-state index in [-0.39, 0.29) is 6.61 Å². The summed E-state index contributed by atoms with van der Waals surface area (Å²) in [6.07, 6.45) is 3.71. The average molecular weight is 410 g/mol. The molecule has 1 amide bonds. The fraction of sp³-hybridized carbons (Fsp3) is 0.318. The van der Waals surface area contributed by atoms with E-state index in [9.17, 15) is 14.4 Å². The molecule has 2 aromatic heterocycles. The molecule has 3 aromatic rings. The van der Waals surface area contributed by atoms with Crippen molar-refractivity contribution in [1.82, 2.24) is 4.98 Å². The first-order valence-electron chi connectivity index (χ1n) is 9.75. The highest BCUT2D eigenvalue weighted by Gasteiger charge is 2.29. The van der Waals surface area contributed by atoms with Crippen molar-refractivity contribution in [2.75, 3.05) is 11.9 Å². The van der Waals surface area contributed by atoms with Gasteiger partial charge in [-0.15, -0.1) is 11.3 Å². The quantitative estimate of drug-likeness (QED) is 0.370. The third-order valence-electron chi connectivity index (χ3n) is 5.20. The van der Waals surface area contributed by atoms with E-state index in [0.29, 0.717) is 27.2 Å². The Morgan fingerprint density at radius 1 is 1.14 bits per heavy atom. The number of esters is 1. The molecule has 7 heteroatoms. The van der Waals surface area contributed by atoms with E-state index in [1.54, 1.807) is 13.8 Å². The molecule has 0 aliphatic heterocycles. The van der Waals surface area contributed by atoms with Gasteiger partial charge in [0.2, 0.25) is 0 Å². The predicted molar refractivity (Wildman–Crippen MR) is 113 cm³/mol. The van der Waals surface area contributed by atoms with Crippen LogP contribution in [0.2, 0.25) is 0 Å². The molecule has 0 radical (unpaired) electrons.